The lowest BCUT2D eigenvalue weighted by atomic mass is 9.96. The summed E-state index contributed by atoms with van der Waals surface area (Å²) in [7, 11) is 0. The van der Waals surface area contributed by atoms with E-state index in [0.29, 0.717) is 25.0 Å². The first kappa shape index (κ1) is 22.0. The van der Waals surface area contributed by atoms with Gasteiger partial charge in [0, 0.05) is 31.6 Å². The number of amides is 3. The smallest absolute Gasteiger partial charge is 0.315 e. The minimum atomic E-state index is -0.0382. The zero-order chi connectivity index (χ0) is 17.0. The van der Waals surface area contributed by atoms with E-state index in [9.17, 15) is 9.59 Å². The number of carbonyl (C=O) groups excluding carboxylic acids is 2. The Labute approximate surface area is 158 Å². The van der Waals surface area contributed by atoms with Crippen LogP contribution in [0.2, 0.25) is 0 Å². The van der Waals surface area contributed by atoms with Crippen molar-refractivity contribution in [2.24, 2.45) is 0 Å². The molecule has 0 bridgehead atoms. The van der Waals surface area contributed by atoms with Crippen molar-refractivity contribution in [3.8, 4) is 0 Å². The third kappa shape index (κ3) is 9.90. The molecule has 0 radical (unpaired) electrons. The number of unbranched alkanes of at least 4 members (excludes halogenated alkanes) is 2. The topological polar surface area (TPSA) is 82.3 Å². The molecule has 0 aromatic rings. The molecule has 2 rings (SSSR count). The molecule has 7 heteroatoms. The van der Waals surface area contributed by atoms with E-state index in [1.807, 2.05) is 0 Å². The molecule has 1 saturated carbocycles. The number of rotatable bonds is 9. The summed E-state index contributed by atoms with van der Waals surface area (Å²) in [5.74, 6) is 0.145. The summed E-state index contributed by atoms with van der Waals surface area (Å²) in [6.45, 7) is 2.51. The molecule has 1 atom stereocenters. The fourth-order valence-corrected chi connectivity index (χ4v) is 3.53. The van der Waals surface area contributed by atoms with Gasteiger partial charge in [-0.15, -0.1) is 12.4 Å². The van der Waals surface area contributed by atoms with Crippen molar-refractivity contribution in [1.29, 1.82) is 0 Å². The van der Waals surface area contributed by atoms with Gasteiger partial charge in [-0.05, 0) is 45.1 Å². The van der Waals surface area contributed by atoms with E-state index < -0.39 is 0 Å². The standard InChI is InChI=1S/C18H34N4O2.ClH/c23-17(21-14-16-10-7-13-19-16)11-5-2-6-12-20-18(24)22-15-8-3-1-4-9-15;/h15-16,19H,1-14H2,(H,21,23)(H2,20,22,24);1H. The fraction of sp³-hybridized carbons (Fsp3) is 0.889. The average molecular weight is 375 g/mol. The predicted molar refractivity (Wildman–Crippen MR) is 103 cm³/mol. The van der Waals surface area contributed by atoms with Gasteiger partial charge in [0.2, 0.25) is 5.91 Å². The summed E-state index contributed by atoms with van der Waals surface area (Å²) < 4.78 is 0. The molecule has 0 aromatic heterocycles. The highest BCUT2D eigenvalue weighted by Crippen LogP contribution is 2.17. The maximum absolute atomic E-state index is 11.8. The largest absolute Gasteiger partial charge is 0.355 e. The van der Waals surface area contributed by atoms with E-state index in [2.05, 4.69) is 21.3 Å². The van der Waals surface area contributed by atoms with Gasteiger partial charge in [-0.2, -0.15) is 0 Å². The van der Waals surface area contributed by atoms with Crippen LogP contribution < -0.4 is 21.3 Å². The van der Waals surface area contributed by atoms with Crippen LogP contribution in [0.25, 0.3) is 0 Å². The Morgan fingerprint density at radius 1 is 0.920 bits per heavy atom. The van der Waals surface area contributed by atoms with Crippen LogP contribution in [0.4, 0.5) is 4.79 Å². The van der Waals surface area contributed by atoms with Crippen LogP contribution in [0, 0.1) is 0 Å². The van der Waals surface area contributed by atoms with E-state index >= 15 is 0 Å². The molecule has 1 aliphatic carbocycles. The Balaban J connectivity index is 0.00000312. The molecule has 1 saturated heterocycles. The molecule has 1 unspecified atom stereocenters. The van der Waals surface area contributed by atoms with E-state index in [0.717, 1.165) is 51.6 Å². The number of hydrogen-bond donors (Lipinski definition) is 4. The summed E-state index contributed by atoms with van der Waals surface area (Å²) in [5, 5.41) is 12.3. The highest BCUT2D eigenvalue weighted by atomic mass is 35.5. The lowest BCUT2D eigenvalue weighted by Crippen LogP contribution is -2.43. The van der Waals surface area contributed by atoms with Crippen LogP contribution in [0.1, 0.15) is 70.6 Å². The van der Waals surface area contributed by atoms with E-state index in [1.165, 1.54) is 25.7 Å². The number of urea groups is 1. The highest BCUT2D eigenvalue weighted by Gasteiger charge is 2.15. The lowest BCUT2D eigenvalue weighted by molar-refractivity contribution is -0.121. The second-order valence-corrected chi connectivity index (χ2v) is 7.14. The van der Waals surface area contributed by atoms with Crippen LogP contribution in [0.5, 0.6) is 0 Å². The van der Waals surface area contributed by atoms with Crippen LogP contribution in [-0.4, -0.2) is 43.7 Å². The quantitative estimate of drug-likeness (QED) is 0.468. The molecule has 25 heavy (non-hydrogen) atoms. The Kier molecular flexibility index (Phi) is 11.7. The highest BCUT2D eigenvalue weighted by molar-refractivity contribution is 5.85. The van der Waals surface area contributed by atoms with Crippen molar-refractivity contribution < 1.29 is 9.59 Å². The molecule has 4 N–H and O–H groups in total. The van der Waals surface area contributed by atoms with Crippen LogP contribution in [0.15, 0.2) is 0 Å². The van der Waals surface area contributed by atoms with Gasteiger partial charge < -0.3 is 21.3 Å². The van der Waals surface area contributed by atoms with Crippen LogP contribution in [0.3, 0.4) is 0 Å². The predicted octanol–water partition coefficient (Wildman–Crippen LogP) is 2.47. The van der Waals surface area contributed by atoms with Crippen molar-refractivity contribution in [3.05, 3.63) is 0 Å². The Hall–Kier alpha value is -1.01. The summed E-state index contributed by atoms with van der Waals surface area (Å²) in [6, 6.07) is 0.779. The lowest BCUT2D eigenvalue weighted by Gasteiger charge is -2.22. The van der Waals surface area contributed by atoms with Gasteiger partial charge in [0.25, 0.3) is 0 Å². The van der Waals surface area contributed by atoms with Gasteiger partial charge in [0.05, 0.1) is 0 Å². The van der Waals surface area contributed by atoms with Gasteiger partial charge in [0.1, 0.15) is 0 Å². The molecule has 2 aliphatic rings. The third-order valence-corrected chi connectivity index (χ3v) is 5.01. The molecule has 3 amide bonds. The normalized spacial score (nSPS) is 20.6. The third-order valence-electron chi connectivity index (χ3n) is 5.01. The first-order chi connectivity index (χ1) is 11.7. The molecule has 1 aliphatic heterocycles. The van der Waals surface area contributed by atoms with Crippen LogP contribution in [-0.2, 0) is 4.79 Å². The zero-order valence-corrected chi connectivity index (χ0v) is 16.1. The Morgan fingerprint density at radius 3 is 2.44 bits per heavy atom. The van der Waals surface area contributed by atoms with Crippen molar-refractivity contribution in [2.75, 3.05) is 19.6 Å². The molecule has 0 aromatic carbocycles. The SMILES string of the molecule is Cl.O=C(CCCCCNC(=O)NC1CCCCC1)NCC1CCCN1. The molecule has 6 nitrogen and oxygen atoms in total. The maximum atomic E-state index is 11.8. The first-order valence-electron chi connectivity index (χ1n) is 9.78. The number of halogens is 1. The summed E-state index contributed by atoms with van der Waals surface area (Å²) in [5.41, 5.74) is 0. The summed E-state index contributed by atoms with van der Waals surface area (Å²) in [6.07, 6.45) is 11.7. The molecule has 1 heterocycles. The van der Waals surface area contributed by atoms with Gasteiger partial charge in [-0.1, -0.05) is 25.7 Å². The van der Waals surface area contributed by atoms with Crippen LogP contribution >= 0.6 is 12.4 Å². The van der Waals surface area contributed by atoms with E-state index in [-0.39, 0.29) is 24.3 Å². The molecule has 146 valence electrons. The second-order valence-electron chi connectivity index (χ2n) is 7.14. The van der Waals surface area contributed by atoms with E-state index in [1.54, 1.807) is 0 Å². The Bertz CT molecular complexity index is 383. The maximum Gasteiger partial charge on any atom is 0.315 e. The summed E-state index contributed by atoms with van der Waals surface area (Å²) >= 11 is 0. The van der Waals surface area contributed by atoms with Crippen molar-refractivity contribution in [1.82, 2.24) is 21.3 Å². The molecule has 2 fully saturated rings. The van der Waals surface area contributed by atoms with Gasteiger partial charge in [-0.25, -0.2) is 4.79 Å². The number of nitrogens with one attached hydrogen (secondary N) is 4. The van der Waals surface area contributed by atoms with Crippen molar-refractivity contribution in [2.45, 2.75) is 82.7 Å². The van der Waals surface area contributed by atoms with Crippen molar-refractivity contribution >= 4 is 24.3 Å². The number of carbonyl (C=O) groups is 2. The van der Waals surface area contributed by atoms with Gasteiger partial charge in [-0.3, -0.25) is 4.79 Å². The first-order valence-corrected chi connectivity index (χ1v) is 9.78. The fourth-order valence-electron chi connectivity index (χ4n) is 3.53. The molecular formula is C18H35ClN4O2. The molecule has 0 spiro atoms. The molecular weight excluding hydrogens is 340 g/mol. The van der Waals surface area contributed by atoms with Crippen molar-refractivity contribution in [3.63, 3.8) is 0 Å². The average Bonchev–Trinajstić information content (AvgIpc) is 3.10. The Morgan fingerprint density at radius 2 is 1.72 bits per heavy atom. The number of hydrogen-bond acceptors (Lipinski definition) is 3. The monoisotopic (exact) mass is 374 g/mol. The minimum absolute atomic E-state index is 0. The van der Waals surface area contributed by atoms with Gasteiger partial charge >= 0.3 is 6.03 Å². The van der Waals surface area contributed by atoms with E-state index in [4.69, 9.17) is 0 Å². The van der Waals surface area contributed by atoms with Gasteiger partial charge in [0.15, 0.2) is 0 Å². The zero-order valence-electron chi connectivity index (χ0n) is 15.3. The minimum Gasteiger partial charge on any atom is -0.355 e. The summed E-state index contributed by atoms with van der Waals surface area (Å²) in [4.78, 5) is 23.5. The second kappa shape index (κ2) is 13.2.